The van der Waals surface area contributed by atoms with E-state index < -0.39 is 0 Å². The first kappa shape index (κ1) is 16.8. The van der Waals surface area contributed by atoms with Gasteiger partial charge >= 0.3 is 0 Å². The van der Waals surface area contributed by atoms with Crippen LogP contribution in [0.2, 0.25) is 0 Å². The highest BCUT2D eigenvalue weighted by molar-refractivity contribution is 5.83. The highest BCUT2D eigenvalue weighted by atomic mass is 16.5. The van der Waals surface area contributed by atoms with Crippen LogP contribution in [-0.4, -0.2) is 49.2 Å². The van der Waals surface area contributed by atoms with Crippen molar-refractivity contribution in [2.24, 2.45) is 17.3 Å². The zero-order chi connectivity index (χ0) is 16.6. The Balaban J connectivity index is 1.43. The van der Waals surface area contributed by atoms with Crippen molar-refractivity contribution in [3.8, 4) is 0 Å². The summed E-state index contributed by atoms with van der Waals surface area (Å²) in [6.07, 6.45) is 11.0. The summed E-state index contributed by atoms with van der Waals surface area (Å²) < 4.78 is 5.88. The van der Waals surface area contributed by atoms with Crippen LogP contribution < -0.4 is 5.32 Å². The van der Waals surface area contributed by atoms with Gasteiger partial charge in [-0.15, -0.1) is 0 Å². The Hall–Kier alpha value is -0.610. The quantitative estimate of drug-likeness (QED) is 0.859. The molecule has 0 bridgehead atoms. The molecule has 2 aliphatic carbocycles. The fourth-order valence-corrected chi connectivity index (χ4v) is 5.36. The van der Waals surface area contributed by atoms with Gasteiger partial charge in [-0.1, -0.05) is 6.92 Å². The highest BCUT2D eigenvalue weighted by Crippen LogP contribution is 2.59. The van der Waals surface area contributed by atoms with Crippen molar-refractivity contribution in [2.75, 3.05) is 26.2 Å². The second kappa shape index (κ2) is 6.95. The molecule has 1 amide bonds. The third-order valence-electron chi connectivity index (χ3n) is 7.22. The van der Waals surface area contributed by atoms with Crippen LogP contribution in [0.15, 0.2) is 0 Å². The van der Waals surface area contributed by atoms with Crippen LogP contribution in [0.1, 0.15) is 64.7 Å². The van der Waals surface area contributed by atoms with Crippen LogP contribution in [0.3, 0.4) is 0 Å². The lowest BCUT2D eigenvalue weighted by Crippen LogP contribution is -2.47. The average molecular weight is 335 g/mol. The zero-order valence-electron chi connectivity index (χ0n) is 15.3. The molecule has 4 aliphatic rings. The number of nitrogens with zero attached hydrogens (tertiary/aromatic N) is 1. The summed E-state index contributed by atoms with van der Waals surface area (Å²) in [4.78, 5) is 15.7. The molecule has 4 fully saturated rings. The number of amides is 1. The molecule has 24 heavy (non-hydrogen) atoms. The van der Waals surface area contributed by atoms with Crippen LogP contribution in [0.4, 0.5) is 0 Å². The van der Waals surface area contributed by atoms with Gasteiger partial charge in [-0.05, 0) is 82.2 Å². The van der Waals surface area contributed by atoms with Crippen LogP contribution in [0.25, 0.3) is 0 Å². The summed E-state index contributed by atoms with van der Waals surface area (Å²) in [7, 11) is 0. The van der Waals surface area contributed by atoms with Crippen LogP contribution in [0, 0.1) is 17.3 Å². The lowest BCUT2D eigenvalue weighted by atomic mass is 9.85. The molecule has 1 spiro atoms. The van der Waals surface area contributed by atoms with E-state index in [1.807, 2.05) is 0 Å². The van der Waals surface area contributed by atoms with E-state index in [9.17, 15) is 4.79 Å². The fraction of sp³-hybridized carbons (Fsp3) is 0.950. The Kier molecular flexibility index (Phi) is 4.88. The maximum absolute atomic E-state index is 13.4. The lowest BCUT2D eigenvalue weighted by Gasteiger charge is -2.38. The summed E-state index contributed by atoms with van der Waals surface area (Å²) in [5.74, 6) is 1.60. The molecular formula is C20H34N2O2. The van der Waals surface area contributed by atoms with Gasteiger partial charge in [0.2, 0.25) is 5.91 Å². The molecule has 136 valence electrons. The maximum Gasteiger partial charge on any atom is 0.226 e. The zero-order valence-corrected chi connectivity index (χ0v) is 15.3. The minimum atomic E-state index is 0.288. The molecule has 2 unspecified atom stereocenters. The summed E-state index contributed by atoms with van der Waals surface area (Å²) in [5, 5.41) is 3.45. The SMILES string of the molecule is CC1CCC(N(CC2CCCO2)C(=O)C2CC23CCNCC3)CC1. The molecule has 2 atom stereocenters. The number of piperidine rings is 1. The second-order valence-electron chi connectivity index (χ2n) is 8.91. The number of carbonyl (C=O) groups excluding carboxylic acids is 1. The van der Waals surface area contributed by atoms with Crippen LogP contribution in [-0.2, 0) is 9.53 Å². The van der Waals surface area contributed by atoms with Gasteiger partial charge in [0, 0.05) is 25.1 Å². The van der Waals surface area contributed by atoms with E-state index >= 15 is 0 Å². The predicted molar refractivity (Wildman–Crippen MR) is 94.8 cm³/mol. The Morgan fingerprint density at radius 1 is 1.17 bits per heavy atom. The van der Waals surface area contributed by atoms with Crippen LogP contribution >= 0.6 is 0 Å². The highest BCUT2D eigenvalue weighted by Gasteiger charge is 2.59. The molecular weight excluding hydrogens is 300 g/mol. The topological polar surface area (TPSA) is 41.6 Å². The monoisotopic (exact) mass is 334 g/mol. The van der Waals surface area contributed by atoms with Crippen molar-refractivity contribution < 1.29 is 9.53 Å². The average Bonchev–Trinajstić information content (AvgIpc) is 3.05. The van der Waals surface area contributed by atoms with Gasteiger partial charge in [-0.3, -0.25) is 4.79 Å². The van der Waals surface area contributed by atoms with Gasteiger partial charge in [0.15, 0.2) is 0 Å². The molecule has 0 radical (unpaired) electrons. The number of hydrogen-bond acceptors (Lipinski definition) is 3. The summed E-state index contributed by atoms with van der Waals surface area (Å²) in [6.45, 7) is 6.27. The Bertz CT molecular complexity index is 447. The largest absolute Gasteiger partial charge is 0.376 e. The third kappa shape index (κ3) is 3.37. The minimum absolute atomic E-state index is 0.288. The molecule has 1 N–H and O–H groups in total. The van der Waals surface area contributed by atoms with E-state index in [0.717, 1.165) is 51.4 Å². The smallest absolute Gasteiger partial charge is 0.226 e. The molecule has 4 rings (SSSR count). The molecule has 0 aromatic heterocycles. The molecule has 4 heteroatoms. The van der Waals surface area contributed by atoms with Crippen molar-refractivity contribution in [3.05, 3.63) is 0 Å². The normalized spacial score (nSPS) is 38.2. The first-order valence-corrected chi connectivity index (χ1v) is 10.3. The third-order valence-corrected chi connectivity index (χ3v) is 7.22. The number of ether oxygens (including phenoxy) is 1. The number of rotatable bonds is 4. The fourth-order valence-electron chi connectivity index (χ4n) is 5.36. The molecule has 2 saturated heterocycles. The lowest BCUT2D eigenvalue weighted by molar-refractivity contribution is -0.138. The first-order valence-electron chi connectivity index (χ1n) is 10.3. The van der Waals surface area contributed by atoms with Gasteiger partial charge in [0.25, 0.3) is 0 Å². The molecule has 2 saturated carbocycles. The Morgan fingerprint density at radius 3 is 2.58 bits per heavy atom. The van der Waals surface area contributed by atoms with Gasteiger partial charge in [0.1, 0.15) is 0 Å². The molecule has 4 nitrogen and oxygen atoms in total. The van der Waals surface area contributed by atoms with Gasteiger partial charge in [-0.2, -0.15) is 0 Å². The molecule has 0 aromatic carbocycles. The maximum atomic E-state index is 13.4. The van der Waals surface area contributed by atoms with Gasteiger partial charge in [-0.25, -0.2) is 0 Å². The molecule has 0 aromatic rings. The van der Waals surface area contributed by atoms with E-state index in [2.05, 4.69) is 17.1 Å². The van der Waals surface area contributed by atoms with E-state index in [4.69, 9.17) is 4.74 Å². The first-order chi connectivity index (χ1) is 11.7. The van der Waals surface area contributed by atoms with Gasteiger partial charge in [0.05, 0.1) is 6.10 Å². The molecule has 2 heterocycles. The minimum Gasteiger partial charge on any atom is -0.376 e. The van der Waals surface area contributed by atoms with Crippen molar-refractivity contribution >= 4 is 5.91 Å². The Morgan fingerprint density at radius 2 is 1.92 bits per heavy atom. The summed E-state index contributed by atoms with van der Waals surface area (Å²) in [6, 6.07) is 0.470. The van der Waals surface area contributed by atoms with Crippen molar-refractivity contribution in [1.29, 1.82) is 0 Å². The van der Waals surface area contributed by atoms with E-state index in [0.29, 0.717) is 23.3 Å². The standard InChI is InChI=1S/C20H34N2O2/c1-15-4-6-16(7-5-15)22(14-17-3-2-12-24-17)19(23)18-13-20(18)8-10-21-11-9-20/h15-18,21H,2-14H2,1H3. The van der Waals surface area contributed by atoms with Crippen molar-refractivity contribution in [3.63, 3.8) is 0 Å². The predicted octanol–water partition coefficient (Wildman–Crippen LogP) is 2.96. The van der Waals surface area contributed by atoms with Crippen molar-refractivity contribution in [2.45, 2.75) is 76.9 Å². The van der Waals surface area contributed by atoms with E-state index in [1.165, 1.54) is 38.5 Å². The Labute approximate surface area is 146 Å². The van der Waals surface area contributed by atoms with Crippen molar-refractivity contribution in [1.82, 2.24) is 10.2 Å². The molecule has 2 aliphatic heterocycles. The number of nitrogens with one attached hydrogen (secondary N) is 1. The second-order valence-corrected chi connectivity index (χ2v) is 8.91. The van der Waals surface area contributed by atoms with Gasteiger partial charge < -0.3 is 15.0 Å². The summed E-state index contributed by atoms with van der Waals surface area (Å²) >= 11 is 0. The van der Waals surface area contributed by atoms with Crippen LogP contribution in [0.5, 0.6) is 0 Å². The number of hydrogen-bond donors (Lipinski definition) is 1. The summed E-state index contributed by atoms with van der Waals surface area (Å²) in [5.41, 5.74) is 0.346. The van der Waals surface area contributed by atoms with E-state index in [-0.39, 0.29) is 6.10 Å². The van der Waals surface area contributed by atoms with E-state index in [1.54, 1.807) is 0 Å². The number of carbonyl (C=O) groups is 1.